The van der Waals surface area contributed by atoms with Crippen molar-refractivity contribution in [2.45, 2.75) is 81.6 Å². The SMILES string of the molecule is CC(C)(C)C(=O)/C=C(\O)C(C)(C)C.Cc1[c-]c(-c2ccc3c(C)cccc3n2)cc(C(C)(C)C)c1.[Ir]. The summed E-state index contributed by atoms with van der Waals surface area (Å²) >= 11 is 0. The van der Waals surface area contributed by atoms with Gasteiger partial charge in [0.05, 0.1) is 5.52 Å². The van der Waals surface area contributed by atoms with Crippen LogP contribution in [0.15, 0.2) is 54.3 Å². The fourth-order valence-electron chi connectivity index (χ4n) is 3.30. The predicted molar refractivity (Wildman–Crippen MR) is 149 cm³/mol. The van der Waals surface area contributed by atoms with Gasteiger partial charge in [-0.25, -0.2) is 0 Å². The molecule has 0 aliphatic carbocycles. The van der Waals surface area contributed by atoms with Crippen LogP contribution < -0.4 is 0 Å². The number of fused-ring (bicyclic) bond motifs is 1. The molecule has 0 bridgehead atoms. The number of carbonyl (C=O) groups excluding carboxylic acids is 1. The number of allylic oxidation sites excluding steroid dienone is 2. The van der Waals surface area contributed by atoms with Crippen LogP contribution in [0.25, 0.3) is 22.2 Å². The van der Waals surface area contributed by atoms with E-state index in [9.17, 15) is 9.90 Å². The van der Waals surface area contributed by atoms with Gasteiger partial charge < -0.3 is 5.11 Å². The fraction of sp³-hybridized carbons (Fsp3) is 0.438. The topological polar surface area (TPSA) is 50.2 Å². The molecule has 0 saturated carbocycles. The molecule has 0 unspecified atom stereocenters. The third kappa shape index (κ3) is 8.68. The first kappa shape index (κ1) is 31.7. The molecule has 0 spiro atoms. The van der Waals surface area contributed by atoms with E-state index in [4.69, 9.17) is 4.98 Å². The predicted octanol–water partition coefficient (Wildman–Crippen LogP) is 8.70. The molecule has 1 N–H and O–H groups in total. The second-order valence-corrected chi connectivity index (χ2v) is 12.4. The minimum atomic E-state index is -0.417. The van der Waals surface area contributed by atoms with E-state index >= 15 is 0 Å². The second kappa shape index (κ2) is 11.8. The van der Waals surface area contributed by atoms with Gasteiger partial charge in [0.1, 0.15) is 5.76 Å². The molecule has 36 heavy (non-hydrogen) atoms. The van der Waals surface area contributed by atoms with Crippen LogP contribution in [0.5, 0.6) is 0 Å². The van der Waals surface area contributed by atoms with Crippen molar-refractivity contribution in [3.63, 3.8) is 0 Å². The molecule has 1 aromatic heterocycles. The van der Waals surface area contributed by atoms with Crippen LogP contribution in [0, 0.1) is 30.7 Å². The number of aromatic nitrogens is 1. The molecule has 0 atom stereocenters. The molecule has 2 aromatic carbocycles. The Morgan fingerprint density at radius 2 is 1.50 bits per heavy atom. The largest absolute Gasteiger partial charge is 0.512 e. The third-order valence-electron chi connectivity index (χ3n) is 5.87. The van der Waals surface area contributed by atoms with Crippen molar-refractivity contribution in [1.82, 2.24) is 4.98 Å². The maximum atomic E-state index is 11.5. The first-order valence-electron chi connectivity index (χ1n) is 12.3. The van der Waals surface area contributed by atoms with E-state index < -0.39 is 5.41 Å². The van der Waals surface area contributed by atoms with Gasteiger partial charge in [0.2, 0.25) is 0 Å². The van der Waals surface area contributed by atoms with Crippen LogP contribution in [0.2, 0.25) is 0 Å². The number of aliphatic hydroxyl groups excluding tert-OH is 1. The maximum Gasteiger partial charge on any atom is 0.164 e. The van der Waals surface area contributed by atoms with Crippen molar-refractivity contribution in [3.05, 3.63) is 77.1 Å². The molecule has 4 heteroatoms. The van der Waals surface area contributed by atoms with Crippen LogP contribution in [-0.2, 0) is 30.3 Å². The first-order valence-corrected chi connectivity index (χ1v) is 12.3. The average Bonchev–Trinajstić information content (AvgIpc) is 2.71. The van der Waals surface area contributed by atoms with Crippen LogP contribution >= 0.6 is 0 Å². The Kier molecular flexibility index (Phi) is 10.4. The Balaban J connectivity index is 0.000000402. The zero-order valence-corrected chi connectivity index (χ0v) is 26.1. The first-order chi connectivity index (χ1) is 15.9. The van der Waals surface area contributed by atoms with Gasteiger partial charge in [-0.3, -0.25) is 9.78 Å². The summed E-state index contributed by atoms with van der Waals surface area (Å²) in [7, 11) is 0. The quantitative estimate of drug-likeness (QED) is 0.169. The summed E-state index contributed by atoms with van der Waals surface area (Å²) in [5.41, 5.74) is 6.23. The molecule has 1 radical (unpaired) electrons. The molecule has 0 aliphatic rings. The van der Waals surface area contributed by atoms with Crippen molar-refractivity contribution in [2.75, 3.05) is 0 Å². The van der Waals surface area contributed by atoms with Gasteiger partial charge in [-0.15, -0.1) is 34.9 Å². The Bertz CT molecular complexity index is 1240. The Labute approximate surface area is 231 Å². The molecule has 0 saturated heterocycles. The minimum Gasteiger partial charge on any atom is -0.512 e. The zero-order chi connectivity index (χ0) is 26.8. The Hall–Kier alpha value is -2.29. The summed E-state index contributed by atoms with van der Waals surface area (Å²) < 4.78 is 0. The number of aryl methyl sites for hydroxylation is 2. The van der Waals surface area contributed by atoms with Crippen LogP contribution in [-0.4, -0.2) is 15.9 Å². The number of pyridine rings is 1. The number of carbonyl (C=O) groups is 1. The van der Waals surface area contributed by atoms with Gasteiger partial charge in [-0.2, -0.15) is 0 Å². The van der Waals surface area contributed by atoms with Crippen LogP contribution in [0.4, 0.5) is 0 Å². The Morgan fingerprint density at radius 3 is 2.03 bits per heavy atom. The maximum absolute atomic E-state index is 11.5. The second-order valence-electron chi connectivity index (χ2n) is 12.4. The summed E-state index contributed by atoms with van der Waals surface area (Å²) in [5.74, 6) is 0.104. The molecule has 3 nitrogen and oxygen atoms in total. The third-order valence-corrected chi connectivity index (χ3v) is 5.87. The number of ketones is 1. The van der Waals surface area contributed by atoms with Gasteiger partial charge in [-0.1, -0.05) is 93.5 Å². The van der Waals surface area contributed by atoms with Gasteiger partial charge >= 0.3 is 0 Å². The summed E-state index contributed by atoms with van der Waals surface area (Å²) in [6.07, 6.45) is 1.33. The molecular weight excluding hydrogens is 623 g/mol. The van der Waals surface area contributed by atoms with Crippen molar-refractivity contribution < 1.29 is 30.0 Å². The number of aliphatic hydroxyl groups is 1. The molecular formula is C32H42IrNO2-. The van der Waals surface area contributed by atoms with Crippen LogP contribution in [0.3, 0.4) is 0 Å². The minimum absolute atomic E-state index is 0. The van der Waals surface area contributed by atoms with E-state index in [1.807, 2.05) is 41.5 Å². The van der Waals surface area contributed by atoms with Crippen LogP contribution in [0.1, 0.15) is 79.0 Å². The summed E-state index contributed by atoms with van der Waals surface area (Å²) in [5, 5.41) is 10.8. The average molecular weight is 665 g/mol. The van der Waals surface area contributed by atoms with Gasteiger partial charge in [0.25, 0.3) is 0 Å². The molecule has 1 heterocycles. The van der Waals surface area contributed by atoms with Crippen molar-refractivity contribution in [3.8, 4) is 11.3 Å². The van der Waals surface area contributed by atoms with E-state index in [0.717, 1.165) is 22.3 Å². The van der Waals surface area contributed by atoms with E-state index in [1.165, 1.54) is 22.6 Å². The van der Waals surface area contributed by atoms with Crippen molar-refractivity contribution in [2.24, 2.45) is 10.8 Å². The van der Waals surface area contributed by atoms with Gasteiger partial charge in [0, 0.05) is 42.4 Å². The van der Waals surface area contributed by atoms with E-state index in [2.05, 4.69) is 83.1 Å². The fourth-order valence-corrected chi connectivity index (χ4v) is 3.30. The monoisotopic (exact) mass is 665 g/mol. The summed E-state index contributed by atoms with van der Waals surface area (Å²) in [6, 6.07) is 18.4. The summed E-state index contributed by atoms with van der Waals surface area (Å²) in [4.78, 5) is 16.3. The smallest absolute Gasteiger partial charge is 0.164 e. The van der Waals surface area contributed by atoms with E-state index in [-0.39, 0.29) is 42.5 Å². The van der Waals surface area contributed by atoms with E-state index in [1.54, 1.807) is 0 Å². The van der Waals surface area contributed by atoms with Crippen molar-refractivity contribution >= 4 is 16.7 Å². The van der Waals surface area contributed by atoms with E-state index in [0.29, 0.717) is 0 Å². The summed E-state index contributed by atoms with van der Waals surface area (Å²) in [6.45, 7) is 22.1. The standard InChI is InChI=1S/C21H22N.C11H20O2.Ir/c1-14-11-16(13-17(12-14)21(3,4)5)19-10-9-18-15(2)7-6-8-20(18)22-19;1-10(2,3)8(12)7-9(13)11(4,5)6;/h6-10,12-13H,1-5H3;7,12H,1-6H3;/q-1;;/b;8-7-;. The molecule has 3 aromatic rings. The number of benzene rings is 2. The molecule has 0 aliphatic heterocycles. The molecule has 0 fully saturated rings. The van der Waals surface area contributed by atoms with Gasteiger partial charge in [-0.05, 0) is 29.7 Å². The molecule has 3 rings (SSSR count). The number of hydrogen-bond donors (Lipinski definition) is 1. The van der Waals surface area contributed by atoms with Crippen molar-refractivity contribution in [1.29, 1.82) is 0 Å². The molecule has 197 valence electrons. The number of hydrogen-bond acceptors (Lipinski definition) is 3. The zero-order valence-electron chi connectivity index (χ0n) is 23.8. The number of nitrogens with zero attached hydrogens (tertiary/aromatic N) is 1. The van der Waals surface area contributed by atoms with Gasteiger partial charge in [0.15, 0.2) is 5.78 Å². The normalized spacial score (nSPS) is 12.5. The number of rotatable bonds is 2. The Morgan fingerprint density at radius 1 is 0.889 bits per heavy atom. The molecule has 0 amide bonds.